The summed E-state index contributed by atoms with van der Waals surface area (Å²) >= 11 is 0. The molecule has 0 radical (unpaired) electrons. The average molecular weight is 297 g/mol. The first-order chi connectivity index (χ1) is 10.5. The molecule has 0 fully saturated rings. The Balaban J connectivity index is 2.09. The first-order valence-corrected chi connectivity index (χ1v) is 7.86. The number of nitrogens with two attached hydrogens (primary N) is 1. The van der Waals surface area contributed by atoms with Crippen molar-refractivity contribution in [2.24, 2.45) is 5.41 Å². The van der Waals surface area contributed by atoms with E-state index in [2.05, 4.69) is 41.9 Å². The number of aryl methyl sites for hydroxylation is 1. The van der Waals surface area contributed by atoms with Crippen LogP contribution in [0, 0.1) is 5.41 Å². The van der Waals surface area contributed by atoms with Crippen molar-refractivity contribution in [3.05, 3.63) is 35.8 Å². The van der Waals surface area contributed by atoms with Crippen molar-refractivity contribution in [3.8, 4) is 5.95 Å². The van der Waals surface area contributed by atoms with Crippen LogP contribution in [0.5, 0.6) is 0 Å². The average Bonchev–Trinajstić information content (AvgIpc) is 2.84. The number of anilines is 1. The Bertz CT molecular complexity index is 697. The minimum absolute atomic E-state index is 0.312. The number of nitrogen functional groups attached to an aromatic ring is 1. The third-order valence-corrected chi connectivity index (χ3v) is 4.27. The summed E-state index contributed by atoms with van der Waals surface area (Å²) < 4.78 is 1.66. The van der Waals surface area contributed by atoms with Gasteiger partial charge in [-0.15, -0.1) is 0 Å². The topological polar surface area (TPSA) is 69.6 Å². The van der Waals surface area contributed by atoms with Crippen LogP contribution in [-0.2, 0) is 6.42 Å². The zero-order valence-electron chi connectivity index (χ0n) is 13.5. The zero-order valence-corrected chi connectivity index (χ0v) is 13.5. The molecule has 0 saturated carbocycles. The first kappa shape index (κ1) is 14.8. The lowest BCUT2D eigenvalue weighted by Gasteiger charge is -2.30. The largest absolute Gasteiger partial charge is 0.383 e. The lowest BCUT2D eigenvalue weighted by molar-refractivity contribution is 0.338. The van der Waals surface area contributed by atoms with Crippen molar-refractivity contribution in [1.82, 2.24) is 19.7 Å². The van der Waals surface area contributed by atoms with Crippen LogP contribution in [0.25, 0.3) is 11.5 Å². The maximum atomic E-state index is 6.41. The van der Waals surface area contributed by atoms with E-state index >= 15 is 0 Å². The highest BCUT2D eigenvalue weighted by Gasteiger charge is 2.28. The van der Waals surface area contributed by atoms with Gasteiger partial charge in [-0.05, 0) is 42.7 Å². The molecule has 2 aromatic heterocycles. The van der Waals surface area contributed by atoms with E-state index in [0.717, 1.165) is 30.5 Å². The summed E-state index contributed by atoms with van der Waals surface area (Å²) in [5.74, 6) is 1.17. The predicted molar refractivity (Wildman–Crippen MR) is 88.6 cm³/mol. The molecule has 0 amide bonds. The number of allylic oxidation sites excluding steroid dienone is 2. The number of hydrogen-bond acceptors (Lipinski definition) is 4. The molecule has 0 aliphatic heterocycles. The summed E-state index contributed by atoms with van der Waals surface area (Å²) in [5, 5.41) is 4.65. The van der Waals surface area contributed by atoms with Crippen LogP contribution >= 0.6 is 0 Å². The molecule has 22 heavy (non-hydrogen) atoms. The maximum Gasteiger partial charge on any atom is 0.252 e. The van der Waals surface area contributed by atoms with Gasteiger partial charge in [0.25, 0.3) is 5.95 Å². The molecule has 1 aliphatic rings. The van der Waals surface area contributed by atoms with Crippen LogP contribution in [0.2, 0.25) is 0 Å². The molecule has 2 aromatic rings. The van der Waals surface area contributed by atoms with Crippen molar-refractivity contribution in [2.45, 2.75) is 46.5 Å². The highest BCUT2D eigenvalue weighted by atomic mass is 15.4. The van der Waals surface area contributed by atoms with E-state index in [1.807, 2.05) is 0 Å². The molecule has 0 unspecified atom stereocenters. The predicted octanol–water partition coefficient (Wildman–Crippen LogP) is 3.40. The molecular weight excluding hydrogens is 274 g/mol. The smallest absolute Gasteiger partial charge is 0.252 e. The fourth-order valence-corrected chi connectivity index (χ4v) is 3.13. The van der Waals surface area contributed by atoms with Crippen LogP contribution in [0.1, 0.15) is 51.3 Å². The van der Waals surface area contributed by atoms with Gasteiger partial charge in [0, 0.05) is 18.0 Å². The normalized spacial score (nSPS) is 17.3. The van der Waals surface area contributed by atoms with Gasteiger partial charge in [-0.1, -0.05) is 26.8 Å². The third-order valence-electron chi connectivity index (χ3n) is 4.27. The van der Waals surface area contributed by atoms with Crippen LogP contribution in [0.15, 0.2) is 24.5 Å². The third kappa shape index (κ3) is 2.63. The van der Waals surface area contributed by atoms with E-state index in [9.17, 15) is 0 Å². The number of nitrogens with zero attached hydrogens (tertiary/aromatic N) is 4. The van der Waals surface area contributed by atoms with Gasteiger partial charge in [0.2, 0.25) is 0 Å². The molecular formula is C17H23N5. The van der Waals surface area contributed by atoms with E-state index < -0.39 is 0 Å². The molecule has 5 nitrogen and oxygen atoms in total. The minimum Gasteiger partial charge on any atom is -0.383 e. The molecule has 0 aromatic carbocycles. The first-order valence-electron chi connectivity index (χ1n) is 7.86. The highest BCUT2D eigenvalue weighted by molar-refractivity contribution is 5.76. The van der Waals surface area contributed by atoms with E-state index in [-0.39, 0.29) is 0 Å². The summed E-state index contributed by atoms with van der Waals surface area (Å²) in [6.07, 6.45) is 9.91. The molecule has 0 saturated heterocycles. The Morgan fingerprint density at radius 2 is 2.00 bits per heavy atom. The van der Waals surface area contributed by atoms with Crippen LogP contribution in [-0.4, -0.2) is 19.7 Å². The summed E-state index contributed by atoms with van der Waals surface area (Å²) in [7, 11) is 0. The van der Waals surface area contributed by atoms with E-state index in [4.69, 9.17) is 5.73 Å². The van der Waals surface area contributed by atoms with Gasteiger partial charge >= 0.3 is 0 Å². The van der Waals surface area contributed by atoms with Gasteiger partial charge in [0.1, 0.15) is 5.82 Å². The van der Waals surface area contributed by atoms with E-state index in [1.165, 1.54) is 12.0 Å². The second-order valence-corrected chi connectivity index (χ2v) is 6.63. The second kappa shape index (κ2) is 5.55. The van der Waals surface area contributed by atoms with Crippen LogP contribution < -0.4 is 5.73 Å². The zero-order chi connectivity index (χ0) is 15.7. The van der Waals surface area contributed by atoms with Crippen LogP contribution in [0.3, 0.4) is 0 Å². The molecule has 5 heteroatoms. The van der Waals surface area contributed by atoms with Crippen molar-refractivity contribution < 1.29 is 0 Å². The number of aromatic nitrogens is 4. The standard InChI is InChI=1S/C17H23N5/c1-4-13-14(12-7-5-8-17(2,3)11-12)15(18)22(21-13)16-19-9-6-10-20-16/h6-7,9-10H,4-5,8,11,18H2,1-3H3. The van der Waals surface area contributed by atoms with Gasteiger partial charge in [-0.2, -0.15) is 9.78 Å². The van der Waals surface area contributed by atoms with E-state index in [0.29, 0.717) is 17.2 Å². The summed E-state index contributed by atoms with van der Waals surface area (Å²) in [4.78, 5) is 8.52. The van der Waals surface area contributed by atoms with Crippen molar-refractivity contribution in [2.75, 3.05) is 5.73 Å². The Hall–Kier alpha value is -2.17. The fraction of sp³-hybridized carbons (Fsp3) is 0.471. The molecule has 116 valence electrons. The molecule has 0 bridgehead atoms. The van der Waals surface area contributed by atoms with Gasteiger partial charge in [-0.25, -0.2) is 9.97 Å². The highest BCUT2D eigenvalue weighted by Crippen LogP contribution is 2.42. The summed E-state index contributed by atoms with van der Waals surface area (Å²) in [6, 6.07) is 1.79. The maximum absolute atomic E-state index is 6.41. The molecule has 0 atom stereocenters. The van der Waals surface area contributed by atoms with E-state index in [1.54, 1.807) is 23.1 Å². The number of hydrogen-bond donors (Lipinski definition) is 1. The van der Waals surface area contributed by atoms with Crippen molar-refractivity contribution in [3.63, 3.8) is 0 Å². The Morgan fingerprint density at radius 3 is 2.64 bits per heavy atom. The Morgan fingerprint density at radius 1 is 1.27 bits per heavy atom. The van der Waals surface area contributed by atoms with Crippen molar-refractivity contribution >= 4 is 11.4 Å². The Kier molecular flexibility index (Phi) is 3.72. The van der Waals surface area contributed by atoms with Gasteiger partial charge in [-0.3, -0.25) is 0 Å². The molecule has 2 N–H and O–H groups in total. The second-order valence-electron chi connectivity index (χ2n) is 6.63. The monoisotopic (exact) mass is 297 g/mol. The molecule has 3 rings (SSSR count). The SMILES string of the molecule is CCc1nn(-c2ncccn2)c(N)c1C1=CCCC(C)(C)C1. The molecule has 0 spiro atoms. The summed E-state index contributed by atoms with van der Waals surface area (Å²) in [5.41, 5.74) is 10.1. The minimum atomic E-state index is 0.312. The van der Waals surface area contributed by atoms with Crippen LogP contribution in [0.4, 0.5) is 5.82 Å². The molecule has 1 aliphatic carbocycles. The van der Waals surface area contributed by atoms with Gasteiger partial charge in [0.05, 0.1) is 5.69 Å². The fourth-order valence-electron chi connectivity index (χ4n) is 3.13. The van der Waals surface area contributed by atoms with Gasteiger partial charge < -0.3 is 5.73 Å². The quantitative estimate of drug-likeness (QED) is 0.942. The van der Waals surface area contributed by atoms with Gasteiger partial charge in [0.15, 0.2) is 0 Å². The molecule has 2 heterocycles. The summed E-state index contributed by atoms with van der Waals surface area (Å²) in [6.45, 7) is 6.73. The number of rotatable bonds is 3. The van der Waals surface area contributed by atoms with Crippen molar-refractivity contribution in [1.29, 1.82) is 0 Å². The lowest BCUT2D eigenvalue weighted by atomic mass is 9.75. The lowest BCUT2D eigenvalue weighted by Crippen LogP contribution is -2.16. The Labute approximate surface area is 131 Å².